The van der Waals surface area contributed by atoms with Gasteiger partial charge in [0.05, 0.1) is 0 Å². The fourth-order valence-corrected chi connectivity index (χ4v) is 3.30. The summed E-state index contributed by atoms with van der Waals surface area (Å²) in [5.74, 6) is -0.831. The van der Waals surface area contributed by atoms with Crippen LogP contribution in [-0.4, -0.2) is 24.4 Å². The van der Waals surface area contributed by atoms with Gasteiger partial charge in [-0.1, -0.05) is 6.92 Å². The van der Waals surface area contributed by atoms with E-state index in [0.29, 0.717) is 10.8 Å². The van der Waals surface area contributed by atoms with Crippen LogP contribution in [0.5, 0.6) is 0 Å². The maximum absolute atomic E-state index is 11.9. The molecule has 0 saturated heterocycles. The zero-order valence-electron chi connectivity index (χ0n) is 12.0. The van der Waals surface area contributed by atoms with Crippen LogP contribution in [0.2, 0.25) is 0 Å². The Labute approximate surface area is 126 Å². The molecule has 0 saturated carbocycles. The second kappa shape index (κ2) is 6.71. The van der Waals surface area contributed by atoms with Crippen molar-refractivity contribution in [2.75, 3.05) is 6.61 Å². The van der Waals surface area contributed by atoms with Gasteiger partial charge in [-0.2, -0.15) is 0 Å². The minimum atomic E-state index is -0.575. The van der Waals surface area contributed by atoms with Crippen molar-refractivity contribution in [1.82, 2.24) is 10.9 Å². The van der Waals surface area contributed by atoms with Gasteiger partial charge in [-0.05, 0) is 36.8 Å². The van der Waals surface area contributed by atoms with Gasteiger partial charge in [0.2, 0.25) is 5.91 Å². The van der Waals surface area contributed by atoms with Crippen molar-refractivity contribution in [3.63, 3.8) is 0 Å². The molecule has 1 aromatic rings. The fourth-order valence-electron chi connectivity index (χ4n) is 2.20. The van der Waals surface area contributed by atoms with E-state index >= 15 is 0 Å². The number of fused-ring (bicyclic) bond motifs is 1. The van der Waals surface area contributed by atoms with Gasteiger partial charge in [0.1, 0.15) is 4.88 Å². The van der Waals surface area contributed by atoms with Gasteiger partial charge in [0.15, 0.2) is 6.61 Å². The van der Waals surface area contributed by atoms with Gasteiger partial charge in [-0.3, -0.25) is 20.4 Å². The van der Waals surface area contributed by atoms with Crippen LogP contribution in [0, 0.1) is 5.92 Å². The van der Waals surface area contributed by atoms with E-state index in [4.69, 9.17) is 4.74 Å². The highest BCUT2D eigenvalue weighted by Gasteiger charge is 2.21. The Morgan fingerprint density at radius 1 is 1.38 bits per heavy atom. The molecule has 1 aliphatic carbocycles. The number of hydrogen-bond donors (Lipinski definition) is 2. The Morgan fingerprint density at radius 3 is 2.86 bits per heavy atom. The van der Waals surface area contributed by atoms with Crippen LogP contribution in [0.25, 0.3) is 0 Å². The summed E-state index contributed by atoms with van der Waals surface area (Å²) in [4.78, 5) is 35.6. The molecule has 0 fully saturated rings. The average molecular weight is 310 g/mol. The Kier molecular flexibility index (Phi) is 4.95. The molecule has 1 atom stereocenters. The van der Waals surface area contributed by atoms with Gasteiger partial charge in [0, 0.05) is 11.8 Å². The molecule has 114 valence electrons. The molecule has 21 heavy (non-hydrogen) atoms. The van der Waals surface area contributed by atoms with Crippen LogP contribution in [0.15, 0.2) is 6.07 Å². The molecule has 2 rings (SSSR count). The number of rotatable bonds is 3. The maximum atomic E-state index is 11.9. The maximum Gasteiger partial charge on any atom is 0.348 e. The number of ether oxygens (including phenoxy) is 1. The lowest BCUT2D eigenvalue weighted by Gasteiger charge is -2.16. The number of carbonyl (C=O) groups is 3. The van der Waals surface area contributed by atoms with Crippen LogP contribution in [0.4, 0.5) is 0 Å². The molecule has 6 nitrogen and oxygen atoms in total. The van der Waals surface area contributed by atoms with Gasteiger partial charge in [-0.25, -0.2) is 4.79 Å². The summed E-state index contributed by atoms with van der Waals surface area (Å²) in [6.07, 6.45) is 3.13. The van der Waals surface area contributed by atoms with Gasteiger partial charge < -0.3 is 4.74 Å². The lowest BCUT2D eigenvalue weighted by atomic mass is 9.90. The predicted molar refractivity (Wildman–Crippen MR) is 77.7 cm³/mol. The topological polar surface area (TPSA) is 84.5 Å². The van der Waals surface area contributed by atoms with Crippen molar-refractivity contribution in [2.45, 2.75) is 33.1 Å². The van der Waals surface area contributed by atoms with E-state index in [0.717, 1.165) is 19.3 Å². The van der Waals surface area contributed by atoms with Crippen molar-refractivity contribution in [3.05, 3.63) is 21.4 Å². The summed E-state index contributed by atoms with van der Waals surface area (Å²) in [6, 6.07) is 1.86. The number of thiophene rings is 1. The molecule has 0 bridgehead atoms. The molecule has 0 aliphatic heterocycles. The Bertz CT molecular complexity index is 567. The minimum absolute atomic E-state index is 0.394. The Hall–Kier alpha value is -1.89. The molecule has 1 aliphatic rings. The van der Waals surface area contributed by atoms with E-state index in [1.165, 1.54) is 28.7 Å². The summed E-state index contributed by atoms with van der Waals surface area (Å²) >= 11 is 1.44. The molecule has 0 spiro atoms. The number of carbonyl (C=O) groups excluding carboxylic acids is 3. The molecule has 7 heteroatoms. The highest BCUT2D eigenvalue weighted by molar-refractivity contribution is 7.14. The molecule has 2 amide bonds. The first-order chi connectivity index (χ1) is 9.95. The Balaban J connectivity index is 1.86. The molecule has 0 unspecified atom stereocenters. The van der Waals surface area contributed by atoms with Crippen LogP contribution >= 0.6 is 11.3 Å². The van der Waals surface area contributed by atoms with Crippen LogP contribution < -0.4 is 10.9 Å². The molecular formula is C14H18N2O4S. The minimum Gasteiger partial charge on any atom is -0.451 e. The molecule has 0 aromatic carbocycles. The Morgan fingerprint density at radius 2 is 2.14 bits per heavy atom. The standard InChI is InChI=1S/C14H18N2O4S/c1-8-3-4-11-10(5-8)6-12(21-11)14(19)20-7-13(18)16-15-9(2)17/h6,8H,3-5,7H2,1-2H3,(H,15,17)(H,16,18)/t8-/m1/s1. The predicted octanol–water partition coefficient (Wildman–Crippen LogP) is 1.20. The summed E-state index contributed by atoms with van der Waals surface area (Å²) in [5, 5.41) is 0. The number of esters is 1. The summed E-state index contributed by atoms with van der Waals surface area (Å²) in [5.41, 5.74) is 5.47. The molecule has 0 radical (unpaired) electrons. The van der Waals surface area contributed by atoms with E-state index in [9.17, 15) is 14.4 Å². The zero-order chi connectivity index (χ0) is 15.4. The lowest BCUT2D eigenvalue weighted by molar-refractivity contribution is -0.129. The SMILES string of the molecule is CC(=O)NNC(=O)COC(=O)c1cc2c(s1)CC[C@@H](C)C2. The third-order valence-corrected chi connectivity index (χ3v) is 4.46. The lowest BCUT2D eigenvalue weighted by Crippen LogP contribution is -2.42. The smallest absolute Gasteiger partial charge is 0.348 e. The van der Waals surface area contributed by atoms with Gasteiger partial charge in [-0.15, -0.1) is 11.3 Å². The number of aryl methyl sites for hydroxylation is 1. The van der Waals surface area contributed by atoms with E-state index in [2.05, 4.69) is 17.8 Å². The van der Waals surface area contributed by atoms with Crippen molar-refractivity contribution < 1.29 is 19.1 Å². The van der Waals surface area contributed by atoms with E-state index in [1.807, 2.05) is 6.07 Å². The number of hydrogen-bond acceptors (Lipinski definition) is 5. The highest BCUT2D eigenvalue weighted by Crippen LogP contribution is 2.32. The average Bonchev–Trinajstić information content (AvgIpc) is 2.85. The molecule has 1 heterocycles. The first-order valence-electron chi connectivity index (χ1n) is 6.80. The monoisotopic (exact) mass is 310 g/mol. The number of nitrogens with one attached hydrogen (secondary N) is 2. The quantitative estimate of drug-likeness (QED) is 0.649. The molecule has 2 N–H and O–H groups in total. The first kappa shape index (κ1) is 15.5. The van der Waals surface area contributed by atoms with Crippen molar-refractivity contribution in [3.8, 4) is 0 Å². The van der Waals surface area contributed by atoms with E-state index in [-0.39, 0.29) is 0 Å². The van der Waals surface area contributed by atoms with Gasteiger partial charge >= 0.3 is 5.97 Å². The van der Waals surface area contributed by atoms with Crippen LogP contribution in [0.3, 0.4) is 0 Å². The highest BCUT2D eigenvalue weighted by atomic mass is 32.1. The third kappa shape index (κ3) is 4.29. The van der Waals surface area contributed by atoms with Gasteiger partial charge in [0.25, 0.3) is 5.91 Å². The zero-order valence-corrected chi connectivity index (χ0v) is 12.8. The van der Waals surface area contributed by atoms with Crippen molar-refractivity contribution in [1.29, 1.82) is 0 Å². The summed E-state index contributed by atoms with van der Waals surface area (Å²) < 4.78 is 4.93. The third-order valence-electron chi connectivity index (χ3n) is 3.24. The molecular weight excluding hydrogens is 292 g/mol. The van der Waals surface area contributed by atoms with Crippen LogP contribution in [-0.2, 0) is 27.2 Å². The number of amides is 2. The van der Waals surface area contributed by atoms with Crippen molar-refractivity contribution in [2.24, 2.45) is 5.92 Å². The number of hydrazine groups is 1. The van der Waals surface area contributed by atoms with Crippen LogP contribution in [0.1, 0.15) is 40.4 Å². The second-order valence-corrected chi connectivity index (χ2v) is 6.35. The fraction of sp³-hybridized carbons (Fsp3) is 0.500. The summed E-state index contributed by atoms with van der Waals surface area (Å²) in [7, 11) is 0. The normalized spacial score (nSPS) is 16.8. The molecule has 1 aromatic heterocycles. The van der Waals surface area contributed by atoms with Crippen molar-refractivity contribution >= 4 is 29.1 Å². The second-order valence-electron chi connectivity index (χ2n) is 5.21. The summed E-state index contributed by atoms with van der Waals surface area (Å²) in [6.45, 7) is 3.05. The van der Waals surface area contributed by atoms with E-state index in [1.54, 1.807) is 0 Å². The largest absolute Gasteiger partial charge is 0.451 e. The van der Waals surface area contributed by atoms with E-state index < -0.39 is 24.4 Å². The first-order valence-corrected chi connectivity index (χ1v) is 7.61.